The standard InChI is InChI=1S/C17H16N2OS2/c1-10-4-6-14(7-5-10)19-11(2)8-13(12(19)3)9-15-16(20)18-17(21)22-15/h4-9H,1-3H3,(H,18,20,21)/b15-9+. The van der Waals surface area contributed by atoms with Crippen LogP contribution in [0.5, 0.6) is 0 Å². The van der Waals surface area contributed by atoms with Gasteiger partial charge < -0.3 is 9.88 Å². The lowest BCUT2D eigenvalue weighted by Crippen LogP contribution is -2.17. The second kappa shape index (κ2) is 5.74. The number of amides is 1. The van der Waals surface area contributed by atoms with E-state index in [-0.39, 0.29) is 5.91 Å². The minimum Gasteiger partial charge on any atom is -0.318 e. The molecule has 2 heterocycles. The van der Waals surface area contributed by atoms with Crippen molar-refractivity contribution >= 4 is 40.3 Å². The molecule has 1 amide bonds. The first-order valence-corrected chi connectivity index (χ1v) is 8.19. The number of carbonyl (C=O) groups excluding carboxylic acids is 1. The van der Waals surface area contributed by atoms with Gasteiger partial charge in [-0.2, -0.15) is 0 Å². The molecule has 0 unspecified atom stereocenters. The first-order chi connectivity index (χ1) is 10.5. The summed E-state index contributed by atoms with van der Waals surface area (Å²) in [4.78, 5) is 12.5. The molecule has 1 N–H and O–H groups in total. The van der Waals surface area contributed by atoms with Crippen LogP contribution in [0, 0.1) is 20.8 Å². The summed E-state index contributed by atoms with van der Waals surface area (Å²) in [5.74, 6) is -0.116. The maximum Gasteiger partial charge on any atom is 0.263 e. The first-order valence-electron chi connectivity index (χ1n) is 6.96. The van der Waals surface area contributed by atoms with Crippen molar-refractivity contribution in [3.63, 3.8) is 0 Å². The summed E-state index contributed by atoms with van der Waals surface area (Å²) in [5.41, 5.74) is 5.66. The number of nitrogens with zero attached hydrogens (tertiary/aromatic N) is 1. The molecule has 1 aromatic heterocycles. The van der Waals surface area contributed by atoms with Crippen LogP contribution in [-0.2, 0) is 4.79 Å². The number of rotatable bonds is 2. The van der Waals surface area contributed by atoms with Crippen LogP contribution in [0.25, 0.3) is 11.8 Å². The number of thioether (sulfide) groups is 1. The highest BCUT2D eigenvalue weighted by molar-refractivity contribution is 8.26. The second-order valence-corrected chi connectivity index (χ2v) is 7.07. The monoisotopic (exact) mass is 328 g/mol. The van der Waals surface area contributed by atoms with Crippen molar-refractivity contribution in [1.29, 1.82) is 0 Å². The van der Waals surface area contributed by atoms with E-state index in [1.807, 2.05) is 6.08 Å². The van der Waals surface area contributed by atoms with Crippen molar-refractivity contribution in [2.24, 2.45) is 0 Å². The Hall–Kier alpha value is -1.85. The summed E-state index contributed by atoms with van der Waals surface area (Å²) < 4.78 is 2.71. The van der Waals surface area contributed by atoms with Crippen LogP contribution in [0.4, 0.5) is 0 Å². The lowest BCUT2D eigenvalue weighted by atomic mass is 10.2. The third-order valence-electron chi connectivity index (χ3n) is 3.69. The van der Waals surface area contributed by atoms with Crippen LogP contribution in [0.3, 0.4) is 0 Å². The van der Waals surface area contributed by atoms with Crippen LogP contribution in [0.1, 0.15) is 22.5 Å². The topological polar surface area (TPSA) is 34.0 Å². The number of nitrogens with one attached hydrogen (secondary N) is 1. The number of hydrogen-bond donors (Lipinski definition) is 1. The zero-order valence-corrected chi connectivity index (χ0v) is 14.3. The van der Waals surface area contributed by atoms with Gasteiger partial charge in [-0.1, -0.05) is 41.7 Å². The molecule has 0 atom stereocenters. The molecule has 1 saturated heterocycles. The Morgan fingerprint density at radius 1 is 1.18 bits per heavy atom. The fourth-order valence-corrected chi connectivity index (χ4v) is 3.62. The van der Waals surface area contributed by atoms with Gasteiger partial charge in [0, 0.05) is 17.1 Å². The van der Waals surface area contributed by atoms with E-state index in [9.17, 15) is 4.79 Å². The maximum absolute atomic E-state index is 11.8. The lowest BCUT2D eigenvalue weighted by Gasteiger charge is -2.10. The van der Waals surface area contributed by atoms with Crippen molar-refractivity contribution < 1.29 is 4.79 Å². The molecular weight excluding hydrogens is 312 g/mol. The number of thiocarbonyl (C=S) groups is 1. The lowest BCUT2D eigenvalue weighted by molar-refractivity contribution is -0.115. The molecule has 112 valence electrons. The first kappa shape index (κ1) is 15.1. The molecule has 0 aliphatic carbocycles. The Labute approximate surface area is 139 Å². The second-order valence-electron chi connectivity index (χ2n) is 5.35. The molecule has 5 heteroatoms. The molecule has 3 nitrogen and oxygen atoms in total. The zero-order valence-electron chi connectivity index (χ0n) is 12.6. The van der Waals surface area contributed by atoms with E-state index in [2.05, 4.69) is 61.0 Å². The van der Waals surface area contributed by atoms with E-state index < -0.39 is 0 Å². The van der Waals surface area contributed by atoms with Crippen LogP contribution in [-0.4, -0.2) is 14.8 Å². The third kappa shape index (κ3) is 2.74. The van der Waals surface area contributed by atoms with Gasteiger partial charge in [0.25, 0.3) is 5.91 Å². The highest BCUT2D eigenvalue weighted by atomic mass is 32.2. The predicted octanol–water partition coefficient (Wildman–Crippen LogP) is 3.89. The van der Waals surface area contributed by atoms with Crippen LogP contribution in [0.15, 0.2) is 35.2 Å². The summed E-state index contributed by atoms with van der Waals surface area (Å²) >= 11 is 6.34. The van der Waals surface area contributed by atoms with Crippen LogP contribution in [0.2, 0.25) is 0 Å². The molecule has 1 aliphatic rings. The molecular formula is C17H16N2OS2. The minimum absolute atomic E-state index is 0.116. The highest BCUT2D eigenvalue weighted by Gasteiger charge is 2.22. The van der Waals surface area contributed by atoms with Crippen molar-refractivity contribution in [3.8, 4) is 5.69 Å². The Morgan fingerprint density at radius 2 is 1.86 bits per heavy atom. The predicted molar refractivity (Wildman–Crippen MR) is 96.3 cm³/mol. The molecule has 1 aliphatic heterocycles. The molecule has 0 spiro atoms. The van der Waals surface area contributed by atoms with E-state index in [1.165, 1.54) is 17.3 Å². The fourth-order valence-electron chi connectivity index (χ4n) is 2.59. The molecule has 1 aromatic carbocycles. The van der Waals surface area contributed by atoms with E-state index in [0.717, 1.165) is 22.6 Å². The average Bonchev–Trinajstić information content (AvgIpc) is 2.92. The van der Waals surface area contributed by atoms with Crippen molar-refractivity contribution in [1.82, 2.24) is 9.88 Å². The molecule has 2 aromatic rings. The Bertz CT molecular complexity index is 801. The van der Waals surface area contributed by atoms with Gasteiger partial charge >= 0.3 is 0 Å². The molecule has 0 bridgehead atoms. The van der Waals surface area contributed by atoms with Crippen molar-refractivity contribution in [2.45, 2.75) is 20.8 Å². The molecule has 3 rings (SSSR count). The average molecular weight is 328 g/mol. The fraction of sp³-hybridized carbons (Fsp3) is 0.176. The van der Waals surface area contributed by atoms with Gasteiger partial charge in [0.2, 0.25) is 0 Å². The van der Waals surface area contributed by atoms with Gasteiger partial charge in [-0.3, -0.25) is 4.79 Å². The van der Waals surface area contributed by atoms with Crippen LogP contribution < -0.4 is 5.32 Å². The quantitative estimate of drug-likeness (QED) is 0.671. The van der Waals surface area contributed by atoms with Crippen molar-refractivity contribution in [3.05, 3.63) is 57.8 Å². The molecule has 1 fully saturated rings. The molecule has 22 heavy (non-hydrogen) atoms. The number of aryl methyl sites for hydroxylation is 2. The Morgan fingerprint density at radius 3 is 2.45 bits per heavy atom. The summed E-state index contributed by atoms with van der Waals surface area (Å²) in [6.45, 7) is 6.21. The maximum atomic E-state index is 11.8. The third-order valence-corrected chi connectivity index (χ3v) is 4.85. The summed E-state index contributed by atoms with van der Waals surface area (Å²) in [6, 6.07) is 10.5. The molecule has 0 radical (unpaired) electrons. The Kier molecular flexibility index (Phi) is 3.93. The van der Waals surface area contributed by atoms with Crippen molar-refractivity contribution in [2.75, 3.05) is 0 Å². The van der Waals surface area contributed by atoms with E-state index >= 15 is 0 Å². The van der Waals surface area contributed by atoms with Crippen LogP contribution >= 0.6 is 24.0 Å². The van der Waals surface area contributed by atoms with Gasteiger partial charge in [0.15, 0.2) is 0 Å². The normalized spacial score (nSPS) is 16.4. The molecule has 0 saturated carbocycles. The highest BCUT2D eigenvalue weighted by Crippen LogP contribution is 2.29. The number of hydrogen-bond acceptors (Lipinski definition) is 3. The number of benzene rings is 1. The smallest absolute Gasteiger partial charge is 0.263 e. The van der Waals surface area contributed by atoms with Gasteiger partial charge in [-0.05, 0) is 50.6 Å². The van der Waals surface area contributed by atoms with E-state index in [1.54, 1.807) is 0 Å². The Balaban J connectivity index is 2.04. The van der Waals surface area contributed by atoms with Gasteiger partial charge in [-0.25, -0.2) is 0 Å². The minimum atomic E-state index is -0.116. The largest absolute Gasteiger partial charge is 0.318 e. The van der Waals surface area contributed by atoms with Gasteiger partial charge in [0.1, 0.15) is 4.32 Å². The number of carbonyl (C=O) groups is 1. The summed E-state index contributed by atoms with van der Waals surface area (Å²) in [7, 11) is 0. The number of aromatic nitrogens is 1. The van der Waals surface area contributed by atoms with Gasteiger partial charge in [0.05, 0.1) is 4.91 Å². The van der Waals surface area contributed by atoms with E-state index in [4.69, 9.17) is 12.2 Å². The van der Waals surface area contributed by atoms with E-state index in [0.29, 0.717) is 9.23 Å². The summed E-state index contributed by atoms with van der Waals surface area (Å²) in [6.07, 6.45) is 1.91. The zero-order chi connectivity index (χ0) is 15.9. The van der Waals surface area contributed by atoms with Gasteiger partial charge in [-0.15, -0.1) is 0 Å². The SMILES string of the molecule is Cc1ccc(-n2c(C)cc(/C=C3/SC(=S)NC3=O)c2C)cc1. The summed E-state index contributed by atoms with van der Waals surface area (Å²) in [5, 5.41) is 2.65.